The van der Waals surface area contributed by atoms with E-state index in [0.29, 0.717) is 5.56 Å². The van der Waals surface area contributed by atoms with Crippen LogP contribution in [0.3, 0.4) is 0 Å². The first-order chi connectivity index (χ1) is 43.7. The number of fused-ring (bicyclic) bond motifs is 4. The highest BCUT2D eigenvalue weighted by atomic mass is 15.0. The molecule has 10 aromatic rings. The fourth-order valence-electron chi connectivity index (χ4n) is 13.8. The summed E-state index contributed by atoms with van der Waals surface area (Å²) in [6.07, 6.45) is 26.9. The minimum absolute atomic E-state index is 0.535. The van der Waals surface area contributed by atoms with Gasteiger partial charge in [0.15, 0.2) is 30.5 Å². The van der Waals surface area contributed by atoms with E-state index < -0.39 is 12.7 Å². The lowest BCUT2D eigenvalue weighted by Gasteiger charge is -2.17. The third-order valence-electron chi connectivity index (χ3n) is 18.8. The van der Waals surface area contributed by atoms with Crippen molar-refractivity contribution in [2.75, 3.05) is 0 Å². The van der Waals surface area contributed by atoms with E-state index in [1.807, 2.05) is 42.8 Å². The second-order valence-corrected chi connectivity index (χ2v) is 24.8. The van der Waals surface area contributed by atoms with Crippen LogP contribution in [0.2, 0.25) is 0 Å². The Morgan fingerprint density at radius 1 is 0.368 bits per heavy atom. The van der Waals surface area contributed by atoms with E-state index in [1.165, 1.54) is 170 Å². The minimum atomic E-state index is -2.37. The van der Waals surface area contributed by atoms with E-state index in [2.05, 4.69) is 232 Å². The Balaban J connectivity index is 0.000000125. The zero-order valence-corrected chi connectivity index (χ0v) is 54.0. The van der Waals surface area contributed by atoms with E-state index in [-0.39, 0.29) is 0 Å². The Hall–Kier alpha value is -8.15. The summed E-state index contributed by atoms with van der Waals surface area (Å²) < 4.78 is 42.2. The van der Waals surface area contributed by atoms with Gasteiger partial charge in [-0.2, -0.15) is 4.57 Å². The second-order valence-electron chi connectivity index (χ2n) is 24.8. The molecule has 5 nitrogen and oxygen atoms in total. The summed E-state index contributed by atoms with van der Waals surface area (Å²) in [5, 5.41) is 0. The maximum atomic E-state index is 8.30. The lowest BCUT2D eigenvalue weighted by molar-refractivity contribution is -0.667. The van der Waals surface area contributed by atoms with Gasteiger partial charge in [0.2, 0.25) is 28.5 Å². The lowest BCUT2D eigenvalue weighted by atomic mass is 9.88. The smallest absolute Gasteiger partial charge is 0.201 e. The van der Waals surface area contributed by atoms with Crippen molar-refractivity contribution in [2.24, 2.45) is 35.2 Å². The van der Waals surface area contributed by atoms with Crippen LogP contribution in [0.15, 0.2) is 189 Å². The average Bonchev–Trinajstić information content (AvgIpc) is 1.46. The molecule has 0 saturated carbocycles. The molecule has 4 aliphatic carbocycles. The van der Waals surface area contributed by atoms with Gasteiger partial charge in [-0.05, 0) is 210 Å². The Labute approximate surface area is 528 Å². The molecule has 4 aliphatic rings. The summed E-state index contributed by atoms with van der Waals surface area (Å²) in [6, 6.07) is 57.8. The molecule has 0 spiro atoms. The van der Waals surface area contributed by atoms with Gasteiger partial charge in [-0.3, -0.25) is 0 Å². The summed E-state index contributed by atoms with van der Waals surface area (Å²) in [6.45, 7) is 9.59. The molecule has 0 saturated heterocycles. The number of pyridine rings is 5. The fraction of sp³-hybridized carbons (Fsp3) is 0.329. The monoisotopic (exact) mass is 1150 g/mol. The van der Waals surface area contributed by atoms with E-state index >= 15 is 0 Å². The number of nitrogens with zero attached hydrogens (tertiary/aromatic N) is 5. The third kappa shape index (κ3) is 14.3. The first-order valence-electron chi connectivity index (χ1n) is 34.0. The predicted molar refractivity (Wildman–Crippen MR) is 360 cm³/mol. The molecule has 5 heterocycles. The van der Waals surface area contributed by atoms with Crippen LogP contribution in [0.5, 0.6) is 0 Å². The molecule has 0 fully saturated rings. The summed E-state index contributed by atoms with van der Waals surface area (Å²) in [5.41, 5.74) is 32.0. The third-order valence-corrected chi connectivity index (χ3v) is 18.8. The highest BCUT2D eigenvalue weighted by Crippen LogP contribution is 2.33. The van der Waals surface area contributed by atoms with Gasteiger partial charge in [0, 0.05) is 98.4 Å². The lowest BCUT2D eigenvalue weighted by Crippen LogP contribution is -2.36. The number of hydrogen-bond donors (Lipinski definition) is 0. The molecule has 5 heteroatoms. The van der Waals surface area contributed by atoms with Crippen LogP contribution in [-0.4, -0.2) is 0 Å². The van der Waals surface area contributed by atoms with Crippen molar-refractivity contribution < 1.29 is 28.3 Å². The van der Waals surface area contributed by atoms with Crippen molar-refractivity contribution in [1.29, 1.82) is 0 Å². The normalized spacial score (nSPS) is 14.9. The van der Waals surface area contributed by atoms with Crippen molar-refractivity contribution >= 4 is 0 Å². The first kappa shape index (κ1) is 56.6. The Morgan fingerprint density at radius 2 is 0.759 bits per heavy atom. The van der Waals surface area contributed by atoms with Crippen LogP contribution >= 0.6 is 0 Å². The van der Waals surface area contributed by atoms with Crippen molar-refractivity contribution in [1.82, 2.24) is 0 Å². The molecule has 444 valence electrons. The van der Waals surface area contributed by atoms with E-state index in [9.17, 15) is 0 Å². The van der Waals surface area contributed by atoms with Crippen molar-refractivity contribution in [3.8, 4) is 56.3 Å². The number of aromatic nitrogens is 5. The first-order valence-corrected chi connectivity index (χ1v) is 32.0. The molecule has 14 rings (SSSR count). The van der Waals surface area contributed by atoms with Gasteiger partial charge in [-0.1, -0.05) is 105 Å². The summed E-state index contributed by atoms with van der Waals surface area (Å²) in [5.74, 6) is -1.63. The van der Waals surface area contributed by atoms with E-state index in [4.69, 9.17) is 5.48 Å². The largest absolute Gasteiger partial charge is 0.216 e. The van der Waals surface area contributed by atoms with Crippen LogP contribution in [-0.2, 0) is 86.6 Å². The summed E-state index contributed by atoms with van der Waals surface area (Å²) in [7, 11) is 10.5. The van der Waals surface area contributed by atoms with Crippen LogP contribution in [0.4, 0.5) is 0 Å². The van der Waals surface area contributed by atoms with E-state index in [0.717, 1.165) is 22.5 Å². The van der Waals surface area contributed by atoms with Gasteiger partial charge in [0.05, 0.1) is 0 Å². The Kier molecular flexibility index (Phi) is 18.6. The molecular weight excluding hydrogens is 1050 g/mol. The SMILES string of the molecule is C[n+]1ccc2c(c1-c1ccccc1)CCC2.Cc1ccccc1-c1c2c(cc[n+]1C)CCCC2.Cc1ccccc1-c1cc2c(c[n+]1C)CCC2.Cc1ccccc1-c1cc2c(c[n+]1C)CCCC2.[2H]C([2H])([2H])C([2H])(C)c1ccc(-c2ccccc2C)[n+](C)c1C. The molecule has 5 aromatic heterocycles. The van der Waals surface area contributed by atoms with Crippen LogP contribution in [0, 0.1) is 34.6 Å². The fourth-order valence-corrected chi connectivity index (χ4v) is 13.8. The number of hydrogen-bond acceptors (Lipinski definition) is 0. The van der Waals surface area contributed by atoms with Gasteiger partial charge in [0.25, 0.3) is 0 Å². The summed E-state index contributed by atoms with van der Waals surface area (Å²) >= 11 is 0. The minimum Gasteiger partial charge on any atom is -0.201 e. The molecule has 0 N–H and O–H groups in total. The van der Waals surface area contributed by atoms with Gasteiger partial charge < -0.3 is 0 Å². The van der Waals surface area contributed by atoms with Gasteiger partial charge >= 0.3 is 0 Å². The zero-order chi connectivity index (χ0) is 64.6. The molecule has 87 heavy (non-hydrogen) atoms. The van der Waals surface area contributed by atoms with Crippen molar-refractivity contribution in [2.45, 2.75) is 144 Å². The average molecular weight is 1160 g/mol. The molecule has 0 radical (unpaired) electrons. The Morgan fingerprint density at radius 3 is 1.29 bits per heavy atom. The Bertz CT molecular complexity index is 4220. The zero-order valence-electron chi connectivity index (χ0n) is 58.0. The van der Waals surface area contributed by atoms with Crippen molar-refractivity contribution in [3.05, 3.63) is 267 Å². The van der Waals surface area contributed by atoms with Gasteiger partial charge in [0.1, 0.15) is 35.2 Å². The molecule has 5 aromatic carbocycles. The topological polar surface area (TPSA) is 19.4 Å². The van der Waals surface area contributed by atoms with Crippen LogP contribution in [0.1, 0.15) is 142 Å². The van der Waals surface area contributed by atoms with Gasteiger partial charge in [-0.25, -0.2) is 18.3 Å². The summed E-state index contributed by atoms with van der Waals surface area (Å²) in [4.78, 5) is 0. The van der Waals surface area contributed by atoms with E-state index in [1.54, 1.807) is 39.4 Å². The quantitative estimate of drug-likeness (QED) is 0.148. The number of rotatable bonds is 6. The molecular formula is C82H96N5+5. The highest BCUT2D eigenvalue weighted by molar-refractivity contribution is 5.67. The number of aryl methyl sites for hydroxylation is 14. The second kappa shape index (κ2) is 28.6. The number of benzene rings is 5. The van der Waals surface area contributed by atoms with Crippen molar-refractivity contribution in [3.63, 3.8) is 0 Å². The molecule has 1 unspecified atom stereocenters. The maximum Gasteiger partial charge on any atom is 0.216 e. The highest BCUT2D eigenvalue weighted by Gasteiger charge is 2.26. The molecule has 0 bridgehead atoms. The predicted octanol–water partition coefficient (Wildman–Crippen LogP) is 16.3. The van der Waals surface area contributed by atoms with Gasteiger partial charge in [-0.15, -0.1) is 0 Å². The van der Waals surface area contributed by atoms with Crippen LogP contribution < -0.4 is 22.8 Å². The van der Waals surface area contributed by atoms with Crippen LogP contribution in [0.25, 0.3) is 56.3 Å². The molecule has 1 atom stereocenters. The molecule has 0 aliphatic heterocycles. The molecule has 0 amide bonds. The maximum absolute atomic E-state index is 8.30. The standard InChI is InChI=1S/2C17H20N.C17H22N.C16H18N.C15H16N/c1-13-7-3-6-10-16(13)17-11-14-8-4-5-9-15(14)12-18(17)2;1-13-7-3-5-9-15(13)17-16-10-6-4-8-14(16)11-12-18(17)2;1-12(2)15-10-11-17(18(5)14(15)4)16-9-7-6-8-13(16)3;1-12-6-3-4-9-15(12)16-10-13-7-5-8-14(13)11-17(16)2;1-16-11-10-12-8-5-9-14(12)15(16)13-6-3-2-4-7-13/h3,6-7,10-12H,4-5,8-9H2,1-2H3;3,5,7,9,11-12H,4,6,8,10H2,1-2H3;6-12H,1-5H3;3-4,6,9-11H,5,7-8H2,1-2H3;2-4,6-7,10-11H,5,8-9H2,1H3/q5*+1/i;;1D3,12D;;.